The van der Waals surface area contributed by atoms with Crippen LogP contribution in [-0.2, 0) is 21.5 Å². The van der Waals surface area contributed by atoms with E-state index in [2.05, 4.69) is 27.6 Å². The zero-order valence-corrected chi connectivity index (χ0v) is 24.7. The van der Waals surface area contributed by atoms with Crippen molar-refractivity contribution in [2.45, 2.75) is 57.0 Å². The number of ether oxygens (including phenoxy) is 1. The molecular weight excluding hydrogens is 544 g/mol. The Hall–Kier alpha value is -2.48. The number of benzene rings is 2. The van der Waals surface area contributed by atoms with Gasteiger partial charge in [0, 0.05) is 44.6 Å². The first kappa shape index (κ1) is 27.7. The van der Waals surface area contributed by atoms with Crippen molar-refractivity contribution in [3.63, 3.8) is 0 Å². The van der Waals surface area contributed by atoms with Crippen molar-refractivity contribution in [2.24, 2.45) is 17.8 Å². The maximum absolute atomic E-state index is 13.3. The molecule has 2 N–H and O–H groups in total. The highest BCUT2D eigenvalue weighted by molar-refractivity contribution is 7.99. The van der Waals surface area contributed by atoms with E-state index in [9.17, 15) is 14.1 Å². The maximum atomic E-state index is 13.3. The van der Waals surface area contributed by atoms with Gasteiger partial charge < -0.3 is 14.7 Å². The summed E-state index contributed by atoms with van der Waals surface area (Å²) in [5.74, 6) is 5.11. The number of hydrogen-bond donors (Lipinski definition) is 2. The molecule has 1 saturated carbocycles. The lowest BCUT2D eigenvalue weighted by Crippen LogP contribution is -2.49. The highest BCUT2D eigenvalue weighted by Gasteiger charge is 2.44. The number of fused-ring (bicyclic) bond motifs is 4. The molecule has 2 heterocycles. The molecule has 2 aliphatic heterocycles. The predicted molar refractivity (Wildman–Crippen MR) is 163 cm³/mol. The van der Waals surface area contributed by atoms with Gasteiger partial charge in [0.15, 0.2) is 0 Å². The lowest BCUT2D eigenvalue weighted by molar-refractivity contribution is 0.0454. The van der Waals surface area contributed by atoms with Gasteiger partial charge in [-0.2, -0.15) is 0 Å². The lowest BCUT2D eigenvalue weighted by atomic mass is 9.68. The first-order chi connectivity index (χ1) is 19.1. The van der Waals surface area contributed by atoms with Crippen molar-refractivity contribution < 1.29 is 18.8 Å². The Morgan fingerprint density at radius 3 is 2.83 bits per heavy atom. The van der Waals surface area contributed by atoms with Gasteiger partial charge in [-0.25, -0.2) is 4.21 Å². The molecule has 0 aromatic heterocycles. The zero-order chi connectivity index (χ0) is 28.1. The molecule has 2 aromatic rings. The average Bonchev–Trinajstić information content (AvgIpc) is 3.05. The average molecular weight is 583 g/mol. The number of aryl methyl sites for hydroxylation is 1. The van der Waals surface area contributed by atoms with Crippen LogP contribution in [0.2, 0.25) is 5.02 Å². The van der Waals surface area contributed by atoms with E-state index in [0.29, 0.717) is 24.5 Å². The number of nitrogens with one attached hydrogen (secondary N) is 1. The molecule has 40 heavy (non-hydrogen) atoms. The number of hydrogen-bond acceptors (Lipinski definition) is 5. The van der Waals surface area contributed by atoms with Gasteiger partial charge in [0.25, 0.3) is 5.91 Å². The number of halogens is 1. The van der Waals surface area contributed by atoms with Gasteiger partial charge in [0.1, 0.15) is 5.75 Å². The minimum atomic E-state index is -2.82. The predicted octanol–water partition coefficient (Wildman–Crippen LogP) is 5.16. The summed E-state index contributed by atoms with van der Waals surface area (Å²) in [6.07, 6.45) is 9.13. The second kappa shape index (κ2) is 10.7. The Morgan fingerprint density at radius 1 is 1.18 bits per heavy atom. The third kappa shape index (κ3) is 5.40. The molecule has 0 saturated heterocycles. The summed E-state index contributed by atoms with van der Waals surface area (Å²) in [6, 6.07) is 11.7. The van der Waals surface area contributed by atoms with Gasteiger partial charge in [0.05, 0.1) is 18.4 Å². The SMILES string of the molecule is C=S1(=O)CC[C@H](C)/C=C/[C@H](O)[C@@H]2CC[C@H]2CN2C[C@@]3(CCCc4cc(Cl)ccc43)COc3ccc(cc32)C(=O)N1. The van der Waals surface area contributed by atoms with Crippen molar-refractivity contribution in [1.29, 1.82) is 0 Å². The molecule has 1 fully saturated rings. The summed E-state index contributed by atoms with van der Waals surface area (Å²) in [5.41, 5.74) is 3.68. The van der Waals surface area contributed by atoms with E-state index in [-0.39, 0.29) is 28.9 Å². The summed E-state index contributed by atoms with van der Waals surface area (Å²) in [5, 5.41) is 11.9. The molecule has 0 radical (unpaired) electrons. The molecule has 1 amide bonds. The van der Waals surface area contributed by atoms with Gasteiger partial charge in [0.2, 0.25) is 0 Å². The van der Waals surface area contributed by atoms with Crippen LogP contribution >= 0.6 is 11.6 Å². The fraction of sp³-hybridized carbons (Fsp3) is 0.500. The molecule has 6 atom stereocenters. The Labute approximate surface area is 242 Å². The first-order valence-corrected chi connectivity index (χ1v) is 16.7. The summed E-state index contributed by atoms with van der Waals surface area (Å²) in [7, 11) is -2.82. The standard InChI is InChI=1S/C32H39ClN2O4S/c1-21-5-11-29(36)26-9-6-24(26)18-35-19-32(14-3-4-22-16-25(33)8-10-27(22)32)20-39-30-12-7-23(17-28(30)35)31(37)34-40(2,38)15-13-21/h5,7-8,10-12,16-17,21,24,26,29,36H,2-4,6,9,13-15,18-20H2,1H3,(H,34,37,38)/b11-5+/t21-,24+,26-,29+,32+,40?/m1/s1. The molecule has 2 aliphatic carbocycles. The van der Waals surface area contributed by atoms with Crippen molar-refractivity contribution in [3.05, 3.63) is 70.3 Å². The molecule has 2 aromatic carbocycles. The number of rotatable bonds is 0. The Kier molecular flexibility index (Phi) is 7.43. The molecule has 2 bridgehead atoms. The number of carbonyl (C=O) groups is 1. The number of nitrogens with zero attached hydrogens (tertiary/aromatic N) is 1. The third-order valence-corrected chi connectivity index (χ3v) is 11.2. The number of anilines is 1. The van der Waals surface area contributed by atoms with Crippen molar-refractivity contribution >= 4 is 38.8 Å². The topological polar surface area (TPSA) is 78.9 Å². The molecule has 1 unspecified atom stereocenters. The highest BCUT2D eigenvalue weighted by atomic mass is 35.5. The highest BCUT2D eigenvalue weighted by Crippen LogP contribution is 2.46. The van der Waals surface area contributed by atoms with Crippen LogP contribution in [-0.4, -0.2) is 52.6 Å². The van der Waals surface area contributed by atoms with Crippen LogP contribution in [0.5, 0.6) is 5.75 Å². The quantitative estimate of drug-likeness (QED) is 0.331. The second-order valence-electron chi connectivity index (χ2n) is 12.4. The minimum absolute atomic E-state index is 0.119. The number of allylic oxidation sites excluding steroid dienone is 1. The molecule has 4 aliphatic rings. The molecule has 1 spiro atoms. The van der Waals surface area contributed by atoms with E-state index < -0.39 is 15.8 Å². The number of amides is 1. The Bertz CT molecular complexity index is 1440. The van der Waals surface area contributed by atoms with E-state index in [1.807, 2.05) is 37.3 Å². The molecular formula is C32H39ClN2O4S. The van der Waals surface area contributed by atoms with Crippen LogP contribution in [0.3, 0.4) is 0 Å². The minimum Gasteiger partial charge on any atom is -0.490 e. The normalized spacial score (nSPS) is 34.9. The molecule has 6 nitrogen and oxygen atoms in total. The summed E-state index contributed by atoms with van der Waals surface area (Å²) in [6.45, 7) is 4.10. The molecule has 6 rings (SSSR count). The Balaban J connectivity index is 1.42. The number of aliphatic hydroxyl groups is 1. The van der Waals surface area contributed by atoms with Crippen LogP contribution < -0.4 is 14.4 Å². The fourth-order valence-corrected chi connectivity index (χ4v) is 8.51. The number of carbonyl (C=O) groups excluding carboxylic acids is 1. The maximum Gasteiger partial charge on any atom is 0.262 e. The van der Waals surface area contributed by atoms with Gasteiger partial charge in [-0.3, -0.25) is 9.52 Å². The molecule has 8 heteroatoms. The van der Waals surface area contributed by atoms with Crippen LogP contribution in [0.4, 0.5) is 5.69 Å². The van der Waals surface area contributed by atoms with Crippen LogP contribution in [0.1, 0.15) is 60.5 Å². The fourth-order valence-electron chi connectivity index (χ4n) is 7.01. The summed E-state index contributed by atoms with van der Waals surface area (Å²) in [4.78, 5) is 15.7. The van der Waals surface area contributed by atoms with E-state index >= 15 is 0 Å². The smallest absolute Gasteiger partial charge is 0.262 e. The largest absolute Gasteiger partial charge is 0.490 e. The lowest BCUT2D eigenvalue weighted by Gasteiger charge is -2.45. The second-order valence-corrected chi connectivity index (χ2v) is 15.0. The van der Waals surface area contributed by atoms with Gasteiger partial charge in [-0.05, 0) is 104 Å². The van der Waals surface area contributed by atoms with Gasteiger partial charge in [-0.1, -0.05) is 36.7 Å². The van der Waals surface area contributed by atoms with E-state index in [1.165, 1.54) is 11.1 Å². The van der Waals surface area contributed by atoms with E-state index in [4.69, 9.17) is 16.3 Å². The van der Waals surface area contributed by atoms with E-state index in [0.717, 1.165) is 61.7 Å². The molecule has 214 valence electrons. The van der Waals surface area contributed by atoms with Crippen LogP contribution in [0.15, 0.2) is 48.6 Å². The zero-order valence-electron chi connectivity index (χ0n) is 23.1. The van der Waals surface area contributed by atoms with Crippen molar-refractivity contribution in [2.75, 3.05) is 30.3 Å². The summed E-state index contributed by atoms with van der Waals surface area (Å²) >= 11 is 6.39. The third-order valence-electron chi connectivity index (χ3n) is 9.49. The summed E-state index contributed by atoms with van der Waals surface area (Å²) < 4.78 is 22.4. The number of aliphatic hydroxyl groups excluding tert-OH is 1. The van der Waals surface area contributed by atoms with Crippen molar-refractivity contribution in [3.8, 4) is 5.75 Å². The van der Waals surface area contributed by atoms with E-state index in [1.54, 1.807) is 6.07 Å². The van der Waals surface area contributed by atoms with Gasteiger partial charge in [-0.15, -0.1) is 0 Å². The first-order valence-electron chi connectivity index (χ1n) is 14.5. The Morgan fingerprint density at radius 2 is 2.02 bits per heavy atom. The van der Waals surface area contributed by atoms with Crippen LogP contribution in [0.25, 0.3) is 0 Å². The van der Waals surface area contributed by atoms with Crippen molar-refractivity contribution in [1.82, 2.24) is 4.72 Å². The monoisotopic (exact) mass is 582 g/mol. The van der Waals surface area contributed by atoms with Gasteiger partial charge >= 0.3 is 0 Å². The van der Waals surface area contributed by atoms with Crippen LogP contribution in [0, 0.1) is 17.8 Å².